The molecule has 2 aromatic carbocycles. The third kappa shape index (κ3) is 4.60. The van der Waals surface area contributed by atoms with Gasteiger partial charge in [0, 0.05) is 10.9 Å². The van der Waals surface area contributed by atoms with E-state index in [1.54, 1.807) is 39.0 Å². The van der Waals surface area contributed by atoms with Crippen LogP contribution >= 0.6 is 0 Å². The van der Waals surface area contributed by atoms with Gasteiger partial charge in [0.15, 0.2) is 0 Å². The molecule has 28 heavy (non-hydrogen) atoms. The maximum atomic E-state index is 14.6. The number of ether oxygens (including phenoxy) is 1. The van der Waals surface area contributed by atoms with E-state index in [2.05, 4.69) is 15.3 Å². The molecule has 0 saturated carbocycles. The van der Waals surface area contributed by atoms with Gasteiger partial charge < -0.3 is 10.1 Å². The minimum absolute atomic E-state index is 0.203. The molecule has 0 spiro atoms. The fraction of sp³-hybridized carbons (Fsp3) is 0.286. The van der Waals surface area contributed by atoms with Crippen molar-refractivity contribution in [1.82, 2.24) is 9.97 Å². The molecule has 5 nitrogen and oxygen atoms in total. The van der Waals surface area contributed by atoms with Gasteiger partial charge in [0.2, 0.25) is 0 Å². The van der Waals surface area contributed by atoms with Crippen LogP contribution < -0.4 is 5.32 Å². The van der Waals surface area contributed by atoms with Crippen molar-refractivity contribution in [3.05, 3.63) is 66.0 Å². The van der Waals surface area contributed by atoms with Crippen molar-refractivity contribution in [1.29, 1.82) is 0 Å². The van der Waals surface area contributed by atoms with E-state index in [0.29, 0.717) is 16.7 Å². The molecule has 0 radical (unpaired) electrons. The lowest BCUT2D eigenvalue weighted by atomic mass is 10.1. The minimum Gasteiger partial charge on any atom is -0.456 e. The minimum atomic E-state index is -3.15. The summed E-state index contributed by atoms with van der Waals surface area (Å²) in [4.78, 5) is 20.2. The molecule has 0 aliphatic rings. The van der Waals surface area contributed by atoms with Crippen LogP contribution in [0.5, 0.6) is 0 Å². The highest BCUT2D eigenvalue weighted by Crippen LogP contribution is 2.29. The Balaban J connectivity index is 1.73. The number of aromatic nitrogens is 2. The van der Waals surface area contributed by atoms with Crippen LogP contribution in [-0.2, 0) is 10.7 Å². The molecule has 1 N–H and O–H groups in total. The van der Waals surface area contributed by atoms with E-state index in [1.165, 1.54) is 30.6 Å². The Morgan fingerprint density at radius 1 is 1.04 bits per heavy atom. The van der Waals surface area contributed by atoms with Crippen LogP contribution in [0, 0.1) is 0 Å². The number of rotatable bonds is 5. The SMILES string of the molecule is CC(C)(C)OC(=O)c1ccc(C(F)(F)CNc2ncnc3ccccc23)cc1. The first-order valence-electron chi connectivity index (χ1n) is 8.81. The molecule has 7 heteroatoms. The number of benzene rings is 2. The molecule has 0 fully saturated rings. The van der Waals surface area contributed by atoms with Crippen molar-refractivity contribution in [2.75, 3.05) is 11.9 Å². The van der Waals surface area contributed by atoms with Crippen LogP contribution in [0.3, 0.4) is 0 Å². The summed E-state index contributed by atoms with van der Waals surface area (Å²) in [6.45, 7) is 4.60. The fourth-order valence-corrected chi connectivity index (χ4v) is 2.63. The van der Waals surface area contributed by atoms with E-state index in [-0.39, 0.29) is 11.1 Å². The maximum Gasteiger partial charge on any atom is 0.338 e. The summed E-state index contributed by atoms with van der Waals surface area (Å²) >= 11 is 0. The highest BCUT2D eigenvalue weighted by atomic mass is 19.3. The molecule has 146 valence electrons. The number of alkyl halides is 2. The summed E-state index contributed by atoms with van der Waals surface area (Å²) in [5, 5.41) is 3.37. The number of hydrogen-bond donors (Lipinski definition) is 1. The number of halogens is 2. The zero-order chi connectivity index (χ0) is 20.4. The maximum absolute atomic E-state index is 14.6. The van der Waals surface area contributed by atoms with Crippen LogP contribution in [0.1, 0.15) is 36.7 Å². The molecule has 1 heterocycles. The van der Waals surface area contributed by atoms with Crippen molar-refractivity contribution in [2.24, 2.45) is 0 Å². The predicted octanol–water partition coefficient (Wildman–Crippen LogP) is 4.79. The molecular formula is C21H21F2N3O2. The zero-order valence-electron chi connectivity index (χ0n) is 15.9. The summed E-state index contributed by atoms with van der Waals surface area (Å²) in [6.07, 6.45) is 1.33. The third-order valence-electron chi connectivity index (χ3n) is 3.96. The van der Waals surface area contributed by atoms with Gasteiger partial charge in [-0.2, -0.15) is 8.78 Å². The van der Waals surface area contributed by atoms with Gasteiger partial charge in [-0.15, -0.1) is 0 Å². The standard InChI is InChI=1S/C21H21F2N3O2/c1-20(2,3)28-19(27)14-8-10-15(11-9-14)21(22,23)12-24-18-16-6-4-5-7-17(16)25-13-26-18/h4-11,13H,12H2,1-3H3,(H,24,25,26). The first kappa shape index (κ1) is 19.7. The quantitative estimate of drug-likeness (QED) is 0.640. The number of anilines is 1. The van der Waals surface area contributed by atoms with Crippen molar-refractivity contribution >= 4 is 22.7 Å². The average molecular weight is 385 g/mol. The Bertz CT molecular complexity index is 978. The number of fused-ring (bicyclic) bond motifs is 1. The number of esters is 1. The van der Waals surface area contributed by atoms with Gasteiger partial charge >= 0.3 is 5.97 Å². The number of nitrogens with one attached hydrogen (secondary N) is 1. The van der Waals surface area contributed by atoms with Gasteiger partial charge in [0.1, 0.15) is 17.7 Å². The van der Waals surface area contributed by atoms with E-state index in [0.717, 1.165) is 0 Å². The number of carbonyl (C=O) groups is 1. The van der Waals surface area contributed by atoms with Crippen LogP contribution in [0.15, 0.2) is 54.9 Å². The molecule has 1 aromatic heterocycles. The lowest BCUT2D eigenvalue weighted by Gasteiger charge is -2.20. The smallest absolute Gasteiger partial charge is 0.338 e. The molecule has 0 aliphatic heterocycles. The highest BCUT2D eigenvalue weighted by molar-refractivity contribution is 5.90. The predicted molar refractivity (Wildman–Crippen MR) is 104 cm³/mol. The topological polar surface area (TPSA) is 64.1 Å². The molecule has 3 aromatic rings. The number of carbonyl (C=O) groups excluding carboxylic acids is 1. The van der Waals surface area contributed by atoms with Gasteiger partial charge in [-0.3, -0.25) is 0 Å². The van der Waals surface area contributed by atoms with Gasteiger partial charge in [-0.05, 0) is 45.0 Å². The van der Waals surface area contributed by atoms with Gasteiger partial charge in [-0.25, -0.2) is 14.8 Å². The first-order chi connectivity index (χ1) is 13.2. The largest absolute Gasteiger partial charge is 0.456 e. The van der Waals surface area contributed by atoms with E-state index in [1.807, 2.05) is 6.07 Å². The number of nitrogens with zero attached hydrogens (tertiary/aromatic N) is 2. The Labute approximate surface area is 161 Å². The van der Waals surface area contributed by atoms with Crippen LogP contribution in [0.2, 0.25) is 0 Å². The second kappa shape index (κ2) is 7.50. The average Bonchev–Trinajstić information content (AvgIpc) is 2.65. The highest BCUT2D eigenvalue weighted by Gasteiger charge is 2.32. The summed E-state index contributed by atoms with van der Waals surface area (Å²) in [5.41, 5.74) is 0.0455. The Morgan fingerprint density at radius 3 is 2.39 bits per heavy atom. The van der Waals surface area contributed by atoms with Crippen molar-refractivity contribution in [3.63, 3.8) is 0 Å². The molecule has 0 unspecified atom stereocenters. The van der Waals surface area contributed by atoms with Crippen molar-refractivity contribution in [3.8, 4) is 0 Å². The lowest BCUT2D eigenvalue weighted by Crippen LogP contribution is -2.26. The molecule has 0 amide bonds. The van der Waals surface area contributed by atoms with E-state index in [9.17, 15) is 13.6 Å². The van der Waals surface area contributed by atoms with Crippen molar-refractivity contribution < 1.29 is 18.3 Å². The summed E-state index contributed by atoms with van der Waals surface area (Å²) in [5.74, 6) is -3.36. The van der Waals surface area contributed by atoms with Gasteiger partial charge in [0.05, 0.1) is 17.6 Å². The fourth-order valence-electron chi connectivity index (χ4n) is 2.63. The van der Waals surface area contributed by atoms with Crippen LogP contribution in [-0.4, -0.2) is 28.1 Å². The molecule has 0 saturated heterocycles. The van der Waals surface area contributed by atoms with Crippen LogP contribution in [0.4, 0.5) is 14.6 Å². The summed E-state index contributed by atoms with van der Waals surface area (Å²) in [6, 6.07) is 12.3. The normalized spacial score (nSPS) is 12.0. The van der Waals surface area contributed by atoms with Gasteiger partial charge in [0.25, 0.3) is 5.92 Å². The summed E-state index contributed by atoms with van der Waals surface area (Å²) in [7, 11) is 0. The van der Waals surface area contributed by atoms with E-state index < -0.39 is 24.0 Å². The zero-order valence-corrected chi connectivity index (χ0v) is 15.9. The second-order valence-electron chi connectivity index (χ2n) is 7.38. The first-order valence-corrected chi connectivity index (χ1v) is 8.81. The monoisotopic (exact) mass is 385 g/mol. The molecule has 0 aliphatic carbocycles. The Morgan fingerprint density at radius 2 is 1.71 bits per heavy atom. The second-order valence-corrected chi connectivity index (χ2v) is 7.38. The number of para-hydroxylation sites is 1. The number of hydrogen-bond acceptors (Lipinski definition) is 5. The molecule has 0 atom stereocenters. The molecule has 0 bridgehead atoms. The van der Waals surface area contributed by atoms with Gasteiger partial charge in [-0.1, -0.05) is 24.3 Å². The van der Waals surface area contributed by atoms with E-state index in [4.69, 9.17) is 4.74 Å². The Hall–Kier alpha value is -3.09. The lowest BCUT2D eigenvalue weighted by molar-refractivity contribution is 0.00590. The molecule has 3 rings (SSSR count). The van der Waals surface area contributed by atoms with E-state index >= 15 is 0 Å². The van der Waals surface area contributed by atoms with Crippen molar-refractivity contribution in [2.45, 2.75) is 32.3 Å². The summed E-state index contributed by atoms with van der Waals surface area (Å²) < 4.78 is 34.5. The Kier molecular flexibility index (Phi) is 5.27. The third-order valence-corrected chi connectivity index (χ3v) is 3.96. The molecular weight excluding hydrogens is 364 g/mol. The van der Waals surface area contributed by atoms with Crippen LogP contribution in [0.25, 0.3) is 10.9 Å².